The van der Waals surface area contributed by atoms with Crippen molar-refractivity contribution in [3.05, 3.63) is 0 Å². The maximum atomic E-state index is 15.0. The molecule has 0 aliphatic heterocycles. The fourth-order valence-corrected chi connectivity index (χ4v) is 5.28. The molecule has 0 N–H and O–H groups in total. The minimum atomic E-state index is -0.803. The Bertz CT molecular complexity index is 295. The zero-order chi connectivity index (χ0) is 16.5. The van der Waals surface area contributed by atoms with Crippen molar-refractivity contribution in [2.24, 2.45) is 17.8 Å². The van der Waals surface area contributed by atoms with Crippen molar-refractivity contribution in [2.75, 3.05) is 0 Å². The van der Waals surface area contributed by atoms with Gasteiger partial charge in [-0.1, -0.05) is 71.6 Å². The van der Waals surface area contributed by atoms with E-state index < -0.39 is 5.67 Å². The molecule has 2 fully saturated rings. The molecule has 0 aromatic rings. The third-order valence-corrected chi connectivity index (χ3v) is 6.91. The van der Waals surface area contributed by atoms with Crippen molar-refractivity contribution in [3.8, 4) is 0 Å². The molecule has 0 saturated heterocycles. The van der Waals surface area contributed by atoms with Gasteiger partial charge in [0.15, 0.2) is 0 Å². The Balaban J connectivity index is 1.63. The molecule has 1 heteroatoms. The molecule has 2 aliphatic rings. The summed E-state index contributed by atoms with van der Waals surface area (Å²) in [5, 5.41) is 0. The summed E-state index contributed by atoms with van der Waals surface area (Å²) in [5.74, 6) is 2.78. The van der Waals surface area contributed by atoms with Crippen LogP contribution >= 0.6 is 0 Å². The zero-order valence-electron chi connectivity index (χ0n) is 15.9. The van der Waals surface area contributed by atoms with Crippen molar-refractivity contribution < 1.29 is 4.39 Å². The van der Waals surface area contributed by atoms with Crippen LogP contribution in [-0.2, 0) is 0 Å². The summed E-state index contributed by atoms with van der Waals surface area (Å²) in [5.41, 5.74) is -0.803. The van der Waals surface area contributed by atoms with Crippen LogP contribution in [0.4, 0.5) is 4.39 Å². The number of rotatable bonds is 9. The van der Waals surface area contributed by atoms with Crippen LogP contribution < -0.4 is 0 Å². The van der Waals surface area contributed by atoms with Crippen LogP contribution in [0, 0.1) is 17.8 Å². The number of hydrogen-bond acceptors (Lipinski definition) is 0. The van der Waals surface area contributed by atoms with Gasteiger partial charge >= 0.3 is 0 Å². The standard InChI is InChI=1S/C22H41F/c1-3-5-6-7-8-16-22(23)17-14-21(15-18-22)20-12-10-19(9-4-2)11-13-20/h19-21H,3-18H2,1-2H3. The number of halogens is 1. The maximum Gasteiger partial charge on any atom is 0.111 e. The summed E-state index contributed by atoms with van der Waals surface area (Å²) in [6.07, 6.45) is 19.7. The first-order valence-corrected chi connectivity index (χ1v) is 10.9. The monoisotopic (exact) mass is 324 g/mol. The lowest BCUT2D eigenvalue weighted by Gasteiger charge is -2.40. The van der Waals surface area contributed by atoms with E-state index in [2.05, 4.69) is 13.8 Å². The van der Waals surface area contributed by atoms with Gasteiger partial charge in [0.05, 0.1) is 0 Å². The van der Waals surface area contributed by atoms with Crippen LogP contribution in [0.15, 0.2) is 0 Å². The highest BCUT2D eigenvalue weighted by molar-refractivity contribution is 4.89. The Hall–Kier alpha value is -0.0700. The predicted molar refractivity (Wildman–Crippen MR) is 99.5 cm³/mol. The molecular weight excluding hydrogens is 283 g/mol. The zero-order valence-corrected chi connectivity index (χ0v) is 15.9. The molecule has 136 valence electrons. The molecule has 0 aromatic heterocycles. The fourth-order valence-electron chi connectivity index (χ4n) is 5.28. The van der Waals surface area contributed by atoms with Gasteiger partial charge in [0.25, 0.3) is 0 Å². The molecular formula is C22H41F. The van der Waals surface area contributed by atoms with E-state index in [9.17, 15) is 4.39 Å². The molecule has 0 atom stereocenters. The fraction of sp³-hybridized carbons (Fsp3) is 1.00. The van der Waals surface area contributed by atoms with E-state index in [4.69, 9.17) is 0 Å². The third-order valence-electron chi connectivity index (χ3n) is 6.91. The van der Waals surface area contributed by atoms with Crippen molar-refractivity contribution >= 4 is 0 Å². The topological polar surface area (TPSA) is 0 Å². The van der Waals surface area contributed by atoms with Crippen molar-refractivity contribution in [3.63, 3.8) is 0 Å². The summed E-state index contributed by atoms with van der Waals surface area (Å²) in [7, 11) is 0. The Morgan fingerprint density at radius 1 is 0.739 bits per heavy atom. The Kier molecular flexibility index (Phi) is 8.41. The van der Waals surface area contributed by atoms with Crippen LogP contribution in [0.2, 0.25) is 0 Å². The molecule has 0 spiro atoms. The molecule has 0 nitrogen and oxygen atoms in total. The van der Waals surface area contributed by atoms with E-state index in [0.717, 1.165) is 43.4 Å². The summed E-state index contributed by atoms with van der Waals surface area (Å²) >= 11 is 0. The average molecular weight is 325 g/mol. The molecule has 23 heavy (non-hydrogen) atoms. The van der Waals surface area contributed by atoms with E-state index >= 15 is 0 Å². The minimum Gasteiger partial charge on any atom is -0.244 e. The lowest BCUT2D eigenvalue weighted by molar-refractivity contribution is 0.0455. The second-order valence-corrected chi connectivity index (χ2v) is 8.72. The smallest absolute Gasteiger partial charge is 0.111 e. The van der Waals surface area contributed by atoms with Crippen LogP contribution in [-0.4, -0.2) is 5.67 Å². The minimum absolute atomic E-state index is 0.803. The van der Waals surface area contributed by atoms with Gasteiger partial charge in [-0.15, -0.1) is 0 Å². The molecule has 0 unspecified atom stereocenters. The Labute approximate surface area is 145 Å². The Morgan fingerprint density at radius 2 is 1.35 bits per heavy atom. The molecule has 0 heterocycles. The van der Waals surface area contributed by atoms with Gasteiger partial charge in [-0.3, -0.25) is 0 Å². The van der Waals surface area contributed by atoms with E-state index in [1.165, 1.54) is 77.0 Å². The van der Waals surface area contributed by atoms with Gasteiger partial charge in [0.2, 0.25) is 0 Å². The quantitative estimate of drug-likeness (QED) is 0.379. The largest absolute Gasteiger partial charge is 0.244 e. The third kappa shape index (κ3) is 6.39. The van der Waals surface area contributed by atoms with Gasteiger partial charge in [0, 0.05) is 0 Å². The highest BCUT2D eigenvalue weighted by atomic mass is 19.1. The number of unbranched alkanes of at least 4 members (excludes halogenated alkanes) is 4. The second-order valence-electron chi connectivity index (χ2n) is 8.72. The molecule has 0 radical (unpaired) electrons. The second kappa shape index (κ2) is 10.0. The first-order chi connectivity index (χ1) is 11.2. The van der Waals surface area contributed by atoms with Crippen LogP contribution in [0.1, 0.15) is 117 Å². The summed E-state index contributed by atoms with van der Waals surface area (Å²) in [6, 6.07) is 0. The summed E-state index contributed by atoms with van der Waals surface area (Å²) in [4.78, 5) is 0. The van der Waals surface area contributed by atoms with Crippen LogP contribution in [0.25, 0.3) is 0 Å². The van der Waals surface area contributed by atoms with Crippen molar-refractivity contribution in [2.45, 2.75) is 122 Å². The highest BCUT2D eigenvalue weighted by Gasteiger charge is 2.38. The summed E-state index contributed by atoms with van der Waals surface area (Å²) in [6.45, 7) is 4.56. The van der Waals surface area contributed by atoms with Crippen molar-refractivity contribution in [1.82, 2.24) is 0 Å². The van der Waals surface area contributed by atoms with Crippen LogP contribution in [0.5, 0.6) is 0 Å². The van der Waals surface area contributed by atoms with Gasteiger partial charge in [0.1, 0.15) is 5.67 Å². The normalized spacial score (nSPS) is 35.3. The number of alkyl halides is 1. The van der Waals surface area contributed by atoms with Crippen molar-refractivity contribution in [1.29, 1.82) is 0 Å². The summed E-state index contributed by atoms with van der Waals surface area (Å²) < 4.78 is 15.0. The van der Waals surface area contributed by atoms with E-state index in [1.54, 1.807) is 0 Å². The van der Waals surface area contributed by atoms with E-state index in [-0.39, 0.29) is 0 Å². The molecule has 0 aromatic carbocycles. The molecule has 0 bridgehead atoms. The van der Waals surface area contributed by atoms with Gasteiger partial charge < -0.3 is 0 Å². The lowest BCUT2D eigenvalue weighted by Crippen LogP contribution is -2.33. The average Bonchev–Trinajstić information content (AvgIpc) is 2.57. The lowest BCUT2D eigenvalue weighted by atomic mass is 9.67. The van der Waals surface area contributed by atoms with Gasteiger partial charge in [-0.2, -0.15) is 0 Å². The first kappa shape index (κ1) is 19.3. The molecule has 2 rings (SSSR count). The predicted octanol–water partition coefficient (Wildman–Crippen LogP) is 7.85. The molecule has 2 saturated carbocycles. The highest BCUT2D eigenvalue weighted by Crippen LogP contribution is 2.45. The Morgan fingerprint density at radius 3 is 1.96 bits per heavy atom. The van der Waals surface area contributed by atoms with Gasteiger partial charge in [-0.25, -0.2) is 4.39 Å². The first-order valence-electron chi connectivity index (χ1n) is 10.9. The van der Waals surface area contributed by atoms with Gasteiger partial charge in [-0.05, 0) is 62.7 Å². The SMILES string of the molecule is CCCCCCCC1(F)CCC(C2CCC(CCC)CC2)CC1. The van der Waals surface area contributed by atoms with E-state index in [0.29, 0.717) is 0 Å². The molecule has 0 amide bonds. The maximum absolute atomic E-state index is 15.0. The number of hydrogen-bond donors (Lipinski definition) is 0. The molecule has 2 aliphatic carbocycles. The van der Waals surface area contributed by atoms with E-state index in [1.807, 2.05) is 0 Å². The van der Waals surface area contributed by atoms with Crippen LogP contribution in [0.3, 0.4) is 0 Å².